The number of hydrogen-bond acceptors (Lipinski definition) is 5. The molecule has 1 amide bonds. The maximum Gasteiger partial charge on any atom is 0.272 e. The van der Waals surface area contributed by atoms with E-state index in [-0.39, 0.29) is 12.2 Å². The summed E-state index contributed by atoms with van der Waals surface area (Å²) in [6.45, 7) is 3.91. The van der Waals surface area contributed by atoms with Crippen LogP contribution in [0.25, 0.3) is 0 Å². The number of rotatable bonds is 4. The number of carbonyl (C=O) groups excluding carboxylic acids is 1. The normalized spacial score (nSPS) is 27.1. The summed E-state index contributed by atoms with van der Waals surface area (Å²) < 4.78 is 20.8. The Balaban J connectivity index is 1.68. The van der Waals surface area contributed by atoms with Crippen LogP contribution in [0.15, 0.2) is 42.5 Å². The molecule has 2 atom stereocenters. The van der Waals surface area contributed by atoms with Crippen molar-refractivity contribution in [2.75, 3.05) is 51.2 Å². The third-order valence-corrected chi connectivity index (χ3v) is 7.56. The molecule has 33 heavy (non-hydrogen) atoms. The molecule has 3 aliphatic rings. The first-order valence-corrected chi connectivity index (χ1v) is 11.7. The first-order valence-electron chi connectivity index (χ1n) is 11.7. The number of fused-ring (bicyclic) bond motifs is 1. The van der Waals surface area contributed by atoms with Crippen molar-refractivity contribution >= 4 is 11.6 Å². The fourth-order valence-electron chi connectivity index (χ4n) is 5.74. The number of hydrogen-bond donors (Lipinski definition) is 1. The van der Waals surface area contributed by atoms with E-state index in [1.165, 1.54) is 12.1 Å². The highest BCUT2D eigenvalue weighted by Crippen LogP contribution is 2.49. The van der Waals surface area contributed by atoms with E-state index in [9.17, 15) is 14.4 Å². The Hall–Kier alpha value is -2.68. The number of hydroxylamine groups is 3. The number of ether oxygens (including phenoxy) is 1. The number of nitrogens with zero attached hydrogens (tertiary/aromatic N) is 3. The van der Waals surface area contributed by atoms with Gasteiger partial charge >= 0.3 is 0 Å². The Bertz CT molecular complexity index is 1040. The summed E-state index contributed by atoms with van der Waals surface area (Å²) >= 11 is 0. The molecule has 3 aliphatic heterocycles. The quantitative estimate of drug-likeness (QED) is 0.567. The molecule has 0 saturated carbocycles. The molecule has 2 aromatic carbocycles. The molecule has 5 rings (SSSR count). The van der Waals surface area contributed by atoms with Gasteiger partial charge in [-0.3, -0.25) is 4.79 Å². The third kappa shape index (κ3) is 3.66. The van der Waals surface area contributed by atoms with Crippen molar-refractivity contribution in [3.8, 4) is 5.75 Å². The van der Waals surface area contributed by atoms with Crippen LogP contribution in [0.3, 0.4) is 0 Å². The first-order chi connectivity index (χ1) is 15.8. The number of carbonyl (C=O) groups is 1. The number of nitrogens with two attached hydrogens (primary N) is 1. The average molecular weight is 455 g/mol. The zero-order chi connectivity index (χ0) is 23.2. The lowest BCUT2D eigenvalue weighted by molar-refractivity contribution is -0.900. The summed E-state index contributed by atoms with van der Waals surface area (Å²) in [7, 11) is 2.06. The van der Waals surface area contributed by atoms with Gasteiger partial charge in [-0.15, -0.1) is 0 Å². The Kier molecular flexibility index (Phi) is 5.55. The summed E-state index contributed by atoms with van der Waals surface area (Å²) in [5.74, 6) is -0.584. The molecule has 2 aromatic rings. The minimum atomic E-state index is -1.63. The van der Waals surface area contributed by atoms with Crippen molar-refractivity contribution in [2.24, 2.45) is 5.73 Å². The van der Waals surface area contributed by atoms with Crippen LogP contribution >= 0.6 is 0 Å². The number of primary amides is 1. The molecular weight excluding hydrogens is 423 g/mol. The second-order valence-corrected chi connectivity index (χ2v) is 9.60. The van der Waals surface area contributed by atoms with Gasteiger partial charge in [-0.05, 0) is 13.1 Å². The Labute approximate surface area is 193 Å². The molecule has 0 bridgehead atoms. The molecule has 0 spiro atoms. The molecule has 2 saturated heterocycles. The molecule has 2 unspecified atom stereocenters. The number of likely N-dealkylation sites (tertiary alicyclic amines) is 1. The smallest absolute Gasteiger partial charge is 0.272 e. The van der Waals surface area contributed by atoms with Crippen molar-refractivity contribution in [1.29, 1.82) is 0 Å². The lowest BCUT2D eigenvalue weighted by Crippen LogP contribution is -2.68. The second-order valence-electron chi connectivity index (χ2n) is 9.60. The predicted molar refractivity (Wildman–Crippen MR) is 124 cm³/mol. The highest BCUT2D eigenvalue weighted by molar-refractivity contribution is 5.87. The van der Waals surface area contributed by atoms with Crippen LogP contribution in [0.1, 0.15) is 24.0 Å². The van der Waals surface area contributed by atoms with Crippen LogP contribution in [-0.2, 0) is 16.8 Å². The van der Waals surface area contributed by atoms with Gasteiger partial charge in [0.2, 0.25) is 0 Å². The van der Waals surface area contributed by atoms with Crippen LogP contribution in [0, 0.1) is 11.0 Å². The molecule has 0 aromatic heterocycles. The number of benzene rings is 2. The maximum atomic E-state index is 14.8. The molecule has 176 valence electrons. The molecule has 3 heterocycles. The van der Waals surface area contributed by atoms with Gasteiger partial charge in [0, 0.05) is 62.6 Å². The van der Waals surface area contributed by atoms with E-state index >= 15 is 0 Å². The topological polar surface area (TPSA) is 81.9 Å². The van der Waals surface area contributed by atoms with Crippen LogP contribution < -0.4 is 15.4 Å². The van der Waals surface area contributed by atoms with Crippen molar-refractivity contribution < 1.29 is 18.6 Å². The van der Waals surface area contributed by atoms with E-state index in [0.29, 0.717) is 35.7 Å². The number of quaternary nitrogens is 1. The van der Waals surface area contributed by atoms with E-state index in [4.69, 9.17) is 10.5 Å². The van der Waals surface area contributed by atoms with Gasteiger partial charge in [0.05, 0.1) is 18.8 Å². The van der Waals surface area contributed by atoms with Crippen molar-refractivity contribution in [1.82, 2.24) is 4.90 Å². The monoisotopic (exact) mass is 454 g/mol. The fourth-order valence-corrected chi connectivity index (χ4v) is 5.74. The minimum absolute atomic E-state index is 0.231. The average Bonchev–Trinajstić information content (AvgIpc) is 3.26. The maximum absolute atomic E-state index is 14.8. The zero-order valence-corrected chi connectivity index (χ0v) is 19.0. The Morgan fingerprint density at radius 1 is 1.15 bits per heavy atom. The lowest BCUT2D eigenvalue weighted by Gasteiger charge is -2.54. The van der Waals surface area contributed by atoms with Crippen LogP contribution in [0.4, 0.5) is 10.1 Å². The standard InChI is InChI=1S/C25H31FN4O3/c1-28-9-11-29(12-10-28)21-17-20(26)15-18-16-22(30(32)13-5-6-14-30)25(24(27)31,33-23(18)21)19-7-3-2-4-8-19/h2-4,7-8,15,17,22H,5-6,9-14,16H2,1H3,(H2,27,31). The number of halogens is 1. The van der Waals surface area contributed by atoms with Gasteiger partial charge in [0.25, 0.3) is 11.5 Å². The van der Waals surface area contributed by atoms with Gasteiger partial charge in [-0.25, -0.2) is 4.39 Å². The van der Waals surface area contributed by atoms with E-state index in [1.54, 1.807) is 12.1 Å². The van der Waals surface area contributed by atoms with E-state index < -0.39 is 22.2 Å². The Morgan fingerprint density at radius 3 is 2.45 bits per heavy atom. The summed E-state index contributed by atoms with van der Waals surface area (Å²) in [6, 6.07) is 11.2. The highest BCUT2D eigenvalue weighted by atomic mass is 19.1. The SMILES string of the molecule is CN1CCN(c2cc(F)cc3c2OC(C(N)=O)(c2ccccc2)C([N+]2([O-])CCCC2)C3)CC1. The van der Waals surface area contributed by atoms with Gasteiger partial charge in [-0.2, -0.15) is 0 Å². The summed E-state index contributed by atoms with van der Waals surface area (Å²) in [5, 5.41) is 14.0. The summed E-state index contributed by atoms with van der Waals surface area (Å²) in [5.41, 5.74) is 6.27. The van der Waals surface area contributed by atoms with Crippen molar-refractivity contribution in [3.63, 3.8) is 0 Å². The number of piperazine rings is 1. The van der Waals surface area contributed by atoms with Crippen LogP contribution in [0.2, 0.25) is 0 Å². The molecule has 0 radical (unpaired) electrons. The van der Waals surface area contributed by atoms with Gasteiger partial charge in [0.15, 0.2) is 0 Å². The number of likely N-dealkylation sites (N-methyl/N-ethyl adjacent to an activating group) is 1. The van der Waals surface area contributed by atoms with Crippen molar-refractivity contribution in [3.05, 3.63) is 64.6 Å². The van der Waals surface area contributed by atoms with E-state index in [0.717, 1.165) is 39.0 Å². The zero-order valence-electron chi connectivity index (χ0n) is 19.0. The number of anilines is 1. The second kappa shape index (κ2) is 8.27. The molecule has 8 heteroatoms. The van der Waals surface area contributed by atoms with Gasteiger partial charge in [0.1, 0.15) is 17.6 Å². The molecular formula is C25H31FN4O3. The fraction of sp³-hybridized carbons (Fsp3) is 0.480. The largest absolute Gasteiger partial charge is 0.632 e. The predicted octanol–water partition coefficient (Wildman–Crippen LogP) is 2.37. The molecule has 0 aliphatic carbocycles. The minimum Gasteiger partial charge on any atom is -0.632 e. The summed E-state index contributed by atoms with van der Waals surface area (Å²) in [6.07, 6.45) is 1.80. The third-order valence-electron chi connectivity index (χ3n) is 7.56. The molecule has 2 N–H and O–H groups in total. The summed E-state index contributed by atoms with van der Waals surface area (Å²) in [4.78, 5) is 17.6. The van der Waals surface area contributed by atoms with Gasteiger partial charge < -0.3 is 30.1 Å². The lowest BCUT2D eigenvalue weighted by atomic mass is 9.78. The van der Waals surface area contributed by atoms with E-state index in [1.807, 2.05) is 18.2 Å². The molecule has 2 fully saturated rings. The van der Waals surface area contributed by atoms with E-state index in [2.05, 4.69) is 16.8 Å². The molecule has 7 nitrogen and oxygen atoms in total. The van der Waals surface area contributed by atoms with Gasteiger partial charge in [-0.1, -0.05) is 30.3 Å². The van der Waals surface area contributed by atoms with Crippen LogP contribution in [0.5, 0.6) is 5.75 Å². The Morgan fingerprint density at radius 2 is 1.82 bits per heavy atom. The highest BCUT2D eigenvalue weighted by Gasteiger charge is 2.59. The van der Waals surface area contributed by atoms with Crippen molar-refractivity contribution in [2.45, 2.75) is 30.9 Å². The number of amides is 1. The van der Waals surface area contributed by atoms with Crippen LogP contribution in [-0.4, -0.2) is 67.8 Å². The first kappa shape index (κ1) is 22.1.